The van der Waals surface area contributed by atoms with Gasteiger partial charge in [0.25, 0.3) is 0 Å². The molecule has 46 heavy (non-hydrogen) atoms. The zero-order valence-corrected chi connectivity index (χ0v) is 25.6. The zero-order chi connectivity index (χ0) is 32.4. The first kappa shape index (κ1) is 31.3. The molecule has 0 bridgehead atoms. The highest BCUT2D eigenvalue weighted by Gasteiger charge is 2.36. The van der Waals surface area contributed by atoms with Crippen LogP contribution in [-0.2, 0) is 19.3 Å². The molecule has 0 aromatic carbocycles. The third kappa shape index (κ3) is 6.61. The summed E-state index contributed by atoms with van der Waals surface area (Å²) in [7, 11) is 0. The molecule has 2 amide bonds. The number of hydrogen-bond acceptors (Lipinski definition) is 8. The highest BCUT2D eigenvalue weighted by Crippen LogP contribution is 2.36. The van der Waals surface area contributed by atoms with E-state index in [2.05, 4.69) is 43.1 Å². The number of hydrogen-bond donors (Lipinski definition) is 2. The van der Waals surface area contributed by atoms with E-state index in [-0.39, 0.29) is 30.4 Å². The van der Waals surface area contributed by atoms with Crippen molar-refractivity contribution >= 4 is 22.8 Å². The van der Waals surface area contributed by atoms with E-state index in [0.717, 1.165) is 37.0 Å². The first-order valence-electron chi connectivity index (χ1n) is 15.3. The van der Waals surface area contributed by atoms with Gasteiger partial charge in [-0.1, -0.05) is 13.8 Å². The molecule has 0 unspecified atom stereocenters. The van der Waals surface area contributed by atoms with Gasteiger partial charge in [0.1, 0.15) is 28.9 Å². The van der Waals surface area contributed by atoms with Gasteiger partial charge in [-0.25, -0.2) is 9.78 Å². The van der Waals surface area contributed by atoms with Crippen molar-refractivity contribution in [3.05, 3.63) is 71.1 Å². The number of nitrogens with zero attached hydrogens (tertiary/aromatic N) is 7. The molecule has 14 heteroatoms. The average Bonchev–Trinajstić information content (AvgIpc) is 3.49. The first-order chi connectivity index (χ1) is 22.1. The first-order valence-corrected chi connectivity index (χ1v) is 15.3. The molecule has 2 aliphatic rings. The average molecular weight is 634 g/mol. The fourth-order valence-corrected chi connectivity index (χ4v) is 6.04. The summed E-state index contributed by atoms with van der Waals surface area (Å²) >= 11 is 0. The van der Waals surface area contributed by atoms with Crippen LogP contribution in [0.3, 0.4) is 0 Å². The van der Waals surface area contributed by atoms with Gasteiger partial charge in [-0.3, -0.25) is 14.9 Å². The Hall–Kier alpha value is -4.74. The van der Waals surface area contributed by atoms with Crippen molar-refractivity contribution in [2.75, 3.05) is 44.6 Å². The lowest BCUT2D eigenvalue weighted by atomic mass is 9.92. The monoisotopic (exact) mass is 633 g/mol. The van der Waals surface area contributed by atoms with Gasteiger partial charge in [0, 0.05) is 57.9 Å². The zero-order valence-electron chi connectivity index (χ0n) is 25.6. The molecule has 2 N–H and O–H groups in total. The maximum atomic E-state index is 14.1. The molecule has 4 aromatic heterocycles. The van der Waals surface area contributed by atoms with Crippen LogP contribution in [-0.4, -0.2) is 79.9 Å². The molecule has 0 aliphatic carbocycles. The van der Waals surface area contributed by atoms with Crippen molar-refractivity contribution < 1.29 is 22.7 Å². The van der Waals surface area contributed by atoms with Crippen LogP contribution in [0.25, 0.3) is 11.0 Å². The fourth-order valence-electron chi connectivity index (χ4n) is 6.04. The van der Waals surface area contributed by atoms with E-state index in [1.807, 2.05) is 17.9 Å². The highest BCUT2D eigenvalue weighted by molar-refractivity contribution is 5.89. The number of nitriles is 1. The highest BCUT2D eigenvalue weighted by atomic mass is 19.4. The number of alkyl halides is 3. The number of carbonyl (C=O) groups is 1. The Morgan fingerprint density at radius 2 is 1.89 bits per heavy atom. The van der Waals surface area contributed by atoms with E-state index < -0.39 is 17.8 Å². The predicted octanol–water partition coefficient (Wildman–Crippen LogP) is 5.71. The second-order valence-electron chi connectivity index (χ2n) is 11.5. The van der Waals surface area contributed by atoms with Crippen molar-refractivity contribution in [3.63, 3.8) is 0 Å². The second kappa shape index (κ2) is 12.9. The molecule has 0 spiro atoms. The summed E-state index contributed by atoms with van der Waals surface area (Å²) < 4.78 is 48.5. The van der Waals surface area contributed by atoms with Gasteiger partial charge in [0.05, 0.1) is 40.4 Å². The van der Waals surface area contributed by atoms with Gasteiger partial charge < -0.3 is 24.8 Å². The maximum Gasteiger partial charge on any atom is 0.418 e. The minimum Gasteiger partial charge on any atom is -0.455 e. The summed E-state index contributed by atoms with van der Waals surface area (Å²) in [5.74, 6) is 0.855. The topological polar surface area (TPSA) is 126 Å². The van der Waals surface area contributed by atoms with Crippen molar-refractivity contribution in [2.45, 2.75) is 45.5 Å². The molecule has 1 fully saturated rings. The third-order valence-corrected chi connectivity index (χ3v) is 8.60. The number of carbonyl (C=O) groups excluding carboxylic acids is 1. The number of fused-ring (bicyclic) bond motifs is 2. The molecule has 240 valence electrons. The van der Waals surface area contributed by atoms with Gasteiger partial charge in [0.2, 0.25) is 0 Å². The lowest BCUT2D eigenvalue weighted by Gasteiger charge is -2.34. The molecule has 0 saturated carbocycles. The third-order valence-electron chi connectivity index (χ3n) is 8.60. The minimum atomic E-state index is -4.62. The Balaban J connectivity index is 1.18. The van der Waals surface area contributed by atoms with Crippen molar-refractivity contribution in [2.24, 2.45) is 0 Å². The summed E-state index contributed by atoms with van der Waals surface area (Å²) in [5, 5.41) is 12.5. The standard InChI is InChI=1S/C32H34F3N9O2/c1-3-20-17-44(18-21-11-24(16-39-29(20)21)46-28-5-6-37-30-25(28)12-22(14-36)40-30)31(45)41-23-13-26(32(33,34)35)27(38-15-23)19-43-9-7-42(4-2)8-10-43/h5-6,11-13,15-16,20H,3-4,7-10,17-19H2,1-2H3,(H,37,40)(H,41,45)/t20-/m1/s1. The molecule has 6 heterocycles. The summed E-state index contributed by atoms with van der Waals surface area (Å²) in [6.07, 6.45) is 0.568. The van der Waals surface area contributed by atoms with E-state index in [4.69, 9.17) is 4.74 Å². The molecule has 4 aromatic rings. The Morgan fingerprint density at radius 1 is 1.11 bits per heavy atom. The van der Waals surface area contributed by atoms with Gasteiger partial charge >= 0.3 is 12.2 Å². The lowest BCUT2D eigenvalue weighted by Crippen LogP contribution is -2.45. The number of ether oxygens (including phenoxy) is 1. The van der Waals surface area contributed by atoms with Crippen LogP contribution in [0.1, 0.15) is 54.4 Å². The minimum absolute atomic E-state index is 0.0177. The number of rotatable bonds is 7. The van der Waals surface area contributed by atoms with Crippen LogP contribution in [0.15, 0.2) is 42.9 Å². The molecule has 2 aliphatic heterocycles. The molecular formula is C32H34F3N9O2. The molecule has 0 radical (unpaired) electrons. The SMILES string of the molecule is CC[C@@H]1CN(C(=O)Nc2cnc(CN3CCN(CC)CC3)c(C(F)(F)F)c2)Cc2cc(Oc3ccnc4[nH]c(C#N)cc34)cnc21. The van der Waals surface area contributed by atoms with Crippen molar-refractivity contribution in [1.29, 1.82) is 5.26 Å². The van der Waals surface area contributed by atoms with Gasteiger partial charge in [-0.15, -0.1) is 0 Å². The van der Waals surface area contributed by atoms with Crippen LogP contribution in [0.4, 0.5) is 23.7 Å². The molecule has 6 rings (SSSR count). The second-order valence-corrected chi connectivity index (χ2v) is 11.5. The van der Waals surface area contributed by atoms with Gasteiger partial charge in [0.15, 0.2) is 0 Å². The number of aromatic amines is 1. The van der Waals surface area contributed by atoms with Crippen LogP contribution < -0.4 is 10.1 Å². The molecular weight excluding hydrogens is 599 g/mol. The predicted molar refractivity (Wildman–Crippen MR) is 164 cm³/mol. The van der Waals surface area contributed by atoms with Crippen molar-refractivity contribution in [1.82, 2.24) is 34.6 Å². The van der Waals surface area contributed by atoms with E-state index in [9.17, 15) is 23.2 Å². The Morgan fingerprint density at radius 3 is 2.61 bits per heavy atom. The van der Waals surface area contributed by atoms with Crippen LogP contribution in [0.2, 0.25) is 0 Å². The number of piperazine rings is 1. The van der Waals surface area contributed by atoms with Gasteiger partial charge in [-0.05, 0) is 42.8 Å². The van der Waals surface area contributed by atoms with E-state index in [1.54, 1.807) is 29.4 Å². The Labute approximate surface area is 264 Å². The summed E-state index contributed by atoms with van der Waals surface area (Å²) in [6.45, 7) is 8.56. The number of likely N-dealkylation sites (N-methyl/N-ethyl adjacent to an activating group) is 1. The summed E-state index contributed by atoms with van der Waals surface area (Å²) in [4.78, 5) is 35.2. The number of anilines is 1. The van der Waals surface area contributed by atoms with E-state index >= 15 is 0 Å². The Kier molecular flexibility index (Phi) is 8.79. The number of nitrogens with one attached hydrogen (secondary N) is 2. The molecule has 1 atom stereocenters. The molecule has 11 nitrogen and oxygen atoms in total. The summed E-state index contributed by atoms with van der Waals surface area (Å²) in [5.41, 5.74) is 1.57. The van der Waals surface area contributed by atoms with Crippen LogP contribution in [0, 0.1) is 11.3 Å². The normalized spacial score (nSPS) is 17.5. The van der Waals surface area contributed by atoms with Crippen molar-refractivity contribution in [3.8, 4) is 17.6 Å². The van der Waals surface area contributed by atoms with Gasteiger partial charge in [-0.2, -0.15) is 18.4 Å². The van der Waals surface area contributed by atoms with Crippen LogP contribution >= 0.6 is 0 Å². The maximum absolute atomic E-state index is 14.1. The number of aromatic nitrogens is 4. The number of halogens is 3. The smallest absolute Gasteiger partial charge is 0.418 e. The number of H-pyrrole nitrogens is 1. The largest absolute Gasteiger partial charge is 0.455 e. The number of pyridine rings is 3. The summed E-state index contributed by atoms with van der Waals surface area (Å²) in [6, 6.07) is 7.65. The number of amides is 2. The Bertz CT molecular complexity index is 1780. The quantitative estimate of drug-likeness (QED) is 0.265. The lowest BCUT2D eigenvalue weighted by molar-refractivity contribution is -0.138. The molecule has 1 saturated heterocycles. The number of urea groups is 1. The van der Waals surface area contributed by atoms with E-state index in [1.165, 1.54) is 6.20 Å². The van der Waals surface area contributed by atoms with Crippen LogP contribution in [0.5, 0.6) is 11.5 Å². The van der Waals surface area contributed by atoms with E-state index in [0.29, 0.717) is 54.3 Å². The fraction of sp³-hybridized carbons (Fsp3) is 0.406.